The normalized spacial score (nSPS) is 14.2. The largest absolute Gasteiger partial charge is 0.456 e. The second-order valence-electron chi connectivity index (χ2n) is 8.27. The lowest BCUT2D eigenvalue weighted by Gasteiger charge is -2.22. The number of fused-ring (bicyclic) bond motifs is 2. The van der Waals surface area contributed by atoms with Gasteiger partial charge in [0.15, 0.2) is 0 Å². The van der Waals surface area contributed by atoms with Crippen LogP contribution >= 0.6 is 0 Å². The Morgan fingerprint density at radius 2 is 1.64 bits per heavy atom. The molecule has 2 aromatic rings. The van der Waals surface area contributed by atoms with Crippen molar-refractivity contribution in [2.24, 2.45) is 4.99 Å². The van der Waals surface area contributed by atoms with Gasteiger partial charge in [0.1, 0.15) is 29.5 Å². The van der Waals surface area contributed by atoms with Gasteiger partial charge in [-0.25, -0.2) is 13.0 Å². The fraction of sp³-hybridized carbons (Fsp3) is 0.208. The molecule has 1 atom stereocenters. The summed E-state index contributed by atoms with van der Waals surface area (Å²) in [6.45, 7) is -1.69. The first-order chi connectivity index (χ1) is 18.0. The van der Waals surface area contributed by atoms with Crippen molar-refractivity contribution in [3.8, 4) is 22.5 Å². The predicted octanol–water partition coefficient (Wildman–Crippen LogP) is 6.22. The van der Waals surface area contributed by atoms with Gasteiger partial charge in [0.25, 0.3) is 10.1 Å². The van der Waals surface area contributed by atoms with Crippen molar-refractivity contribution < 1.29 is 52.1 Å². The lowest BCUT2D eigenvalue weighted by Crippen LogP contribution is -2.40. The van der Waals surface area contributed by atoms with Gasteiger partial charge < -0.3 is 9.73 Å². The summed E-state index contributed by atoms with van der Waals surface area (Å²) in [7, 11) is -4.63. The molecule has 4 rings (SSSR count). The molecule has 2 aliphatic rings. The number of nitrogens with one attached hydrogen (secondary N) is 1. The van der Waals surface area contributed by atoms with E-state index in [0.717, 1.165) is 24.3 Å². The third kappa shape index (κ3) is 6.65. The van der Waals surface area contributed by atoms with Gasteiger partial charge >= 0.3 is 12.4 Å². The zero-order chi connectivity index (χ0) is 28.8. The molecule has 15 heteroatoms. The zero-order valence-corrected chi connectivity index (χ0v) is 20.3. The highest BCUT2D eigenvalue weighted by Gasteiger charge is 2.44. The minimum atomic E-state index is -5.29. The van der Waals surface area contributed by atoms with Crippen LogP contribution < -0.4 is 10.7 Å². The summed E-state index contributed by atoms with van der Waals surface area (Å²) in [4.78, 5) is 3.21. The number of benzene rings is 3. The quantitative estimate of drug-likeness (QED) is 0.127. The average molecular weight is 580 g/mol. The van der Waals surface area contributed by atoms with Gasteiger partial charge in [-0.15, -0.1) is 0 Å². The van der Waals surface area contributed by atoms with Gasteiger partial charge in [0, 0.05) is 28.6 Å². The molecule has 1 aliphatic carbocycles. The van der Waals surface area contributed by atoms with E-state index in [4.69, 9.17) is 4.42 Å². The first-order valence-electron chi connectivity index (χ1n) is 10.8. The molecule has 39 heavy (non-hydrogen) atoms. The van der Waals surface area contributed by atoms with E-state index in [-0.39, 0.29) is 27.9 Å². The molecule has 0 amide bonds. The average Bonchev–Trinajstić information content (AvgIpc) is 2.80. The van der Waals surface area contributed by atoms with Crippen molar-refractivity contribution in [3.05, 3.63) is 71.6 Å². The summed E-state index contributed by atoms with van der Waals surface area (Å²) in [5.74, 6) is -2.60. The molecule has 1 N–H and O–H groups in total. The number of hydrogen-bond acceptors (Lipinski definition) is 6. The van der Waals surface area contributed by atoms with Crippen LogP contribution in [0.3, 0.4) is 0 Å². The molecule has 0 spiro atoms. The lowest BCUT2D eigenvalue weighted by atomic mass is 9.93. The van der Waals surface area contributed by atoms with Crippen LogP contribution in [0.2, 0.25) is 0 Å². The van der Waals surface area contributed by atoms with E-state index < -0.39 is 57.9 Å². The predicted molar refractivity (Wildman–Crippen MR) is 124 cm³/mol. The van der Waals surface area contributed by atoms with Crippen molar-refractivity contribution in [1.82, 2.24) is 0 Å². The first-order valence-corrected chi connectivity index (χ1v) is 12.6. The topological polar surface area (TPSA) is 80.9 Å². The van der Waals surface area contributed by atoms with Crippen LogP contribution in [0.1, 0.15) is 0 Å². The summed E-state index contributed by atoms with van der Waals surface area (Å²) < 4.78 is 140. The van der Waals surface area contributed by atoms with Gasteiger partial charge in [0.2, 0.25) is 6.23 Å². The van der Waals surface area contributed by atoms with Crippen LogP contribution in [-0.2, 0) is 14.3 Å². The Hall–Kier alpha value is -3.72. The van der Waals surface area contributed by atoms with E-state index in [1.165, 1.54) is 0 Å². The van der Waals surface area contributed by atoms with Crippen molar-refractivity contribution in [2.75, 3.05) is 18.1 Å². The Bertz CT molecular complexity index is 1670. The Morgan fingerprint density at radius 3 is 2.23 bits per heavy atom. The minimum absolute atomic E-state index is 0.0193. The number of hydrogen-bond donors (Lipinski definition) is 1. The molecule has 1 unspecified atom stereocenters. The van der Waals surface area contributed by atoms with E-state index >= 15 is 4.39 Å². The van der Waals surface area contributed by atoms with E-state index in [0.29, 0.717) is 11.8 Å². The lowest BCUT2D eigenvalue weighted by molar-refractivity contribution is -0.184. The highest BCUT2D eigenvalue weighted by Crippen LogP contribution is 2.42. The molecule has 1 heterocycles. The second kappa shape index (κ2) is 10.1. The maximum atomic E-state index is 15.1. The first kappa shape index (κ1) is 28.3. The number of halogens is 8. The third-order valence-corrected chi connectivity index (χ3v) is 5.76. The Balaban J connectivity index is 1.98. The molecule has 6 nitrogen and oxygen atoms in total. The molecule has 208 valence electrons. The summed E-state index contributed by atoms with van der Waals surface area (Å²) in [5.41, 5.74) is -0.542. The van der Waals surface area contributed by atoms with Crippen LogP contribution in [0.15, 0.2) is 64.0 Å². The molecule has 2 aromatic carbocycles. The third-order valence-electron chi connectivity index (χ3n) is 5.22. The van der Waals surface area contributed by atoms with Gasteiger partial charge in [-0.2, -0.15) is 34.8 Å². The number of rotatable bonds is 6. The minimum Gasteiger partial charge on any atom is -0.456 e. The maximum absolute atomic E-state index is 15.1. The fourth-order valence-electron chi connectivity index (χ4n) is 3.72. The van der Waals surface area contributed by atoms with Gasteiger partial charge in [-0.05, 0) is 17.7 Å². The highest BCUT2D eigenvalue weighted by molar-refractivity contribution is 7.86. The summed E-state index contributed by atoms with van der Waals surface area (Å²) in [6.07, 6.45) is -12.8. The standard InChI is InChI=1S/C24H16F8N2O4S/c1-39(35,36)38-22(24(30,31)32)34-18-10-20-14(8-16(18)26)21(12-5-3-2-4-6-12)13-7-15(25)17(9-19(13)37-20)33-11-23(27,28)29/h2-10,22,34H,11H2,1H3. The van der Waals surface area contributed by atoms with E-state index in [1.807, 2.05) is 0 Å². The molecule has 0 bridgehead atoms. The monoisotopic (exact) mass is 580 g/mol. The zero-order valence-electron chi connectivity index (χ0n) is 19.5. The van der Waals surface area contributed by atoms with Crippen LogP contribution in [-0.4, -0.2) is 39.8 Å². The summed E-state index contributed by atoms with van der Waals surface area (Å²) >= 11 is 0. The number of alkyl halides is 6. The summed E-state index contributed by atoms with van der Waals surface area (Å²) in [6, 6.07) is 11.3. The molecule has 0 fully saturated rings. The molecule has 0 saturated heterocycles. The van der Waals surface area contributed by atoms with Gasteiger partial charge in [0.05, 0.1) is 17.3 Å². The van der Waals surface area contributed by atoms with Crippen molar-refractivity contribution in [2.45, 2.75) is 18.6 Å². The highest BCUT2D eigenvalue weighted by atomic mass is 32.2. The van der Waals surface area contributed by atoms with Gasteiger partial charge in [-0.3, -0.25) is 4.99 Å². The second-order valence-corrected chi connectivity index (χ2v) is 9.87. The number of nitrogens with zero attached hydrogens (tertiary/aromatic N) is 1. The molecule has 0 radical (unpaired) electrons. The Labute approximate surface area is 215 Å². The Morgan fingerprint density at radius 1 is 0.974 bits per heavy atom. The number of anilines is 1. The maximum Gasteiger partial charge on any atom is 0.434 e. The van der Waals surface area contributed by atoms with Crippen LogP contribution in [0.4, 0.5) is 40.8 Å². The van der Waals surface area contributed by atoms with E-state index in [2.05, 4.69) is 9.18 Å². The Kier molecular flexibility index (Phi) is 7.33. The van der Waals surface area contributed by atoms with E-state index in [9.17, 15) is 39.2 Å². The van der Waals surface area contributed by atoms with Crippen molar-refractivity contribution >= 4 is 26.8 Å². The molecule has 0 saturated carbocycles. The van der Waals surface area contributed by atoms with Crippen LogP contribution in [0.5, 0.6) is 0 Å². The summed E-state index contributed by atoms with van der Waals surface area (Å²) in [5, 5.41) is 0.918. The van der Waals surface area contributed by atoms with Crippen molar-refractivity contribution in [3.63, 3.8) is 0 Å². The van der Waals surface area contributed by atoms with Crippen LogP contribution in [0.25, 0.3) is 33.4 Å². The van der Waals surface area contributed by atoms with Crippen LogP contribution in [0, 0.1) is 11.6 Å². The van der Waals surface area contributed by atoms with Gasteiger partial charge in [-0.1, -0.05) is 30.3 Å². The molecule has 0 aromatic heterocycles. The smallest absolute Gasteiger partial charge is 0.434 e. The fourth-order valence-corrected chi connectivity index (χ4v) is 4.22. The molecule has 1 aliphatic heterocycles. The SMILES string of the molecule is CS(=O)(=O)OC(Nc1cc2oc3cc(=NCC(F)(F)F)c(F)cc-3c(-c3ccccc3)c2cc1F)C(F)(F)F. The molecular formula is C24H16F8N2O4S. The van der Waals surface area contributed by atoms with E-state index in [1.54, 1.807) is 35.6 Å². The van der Waals surface area contributed by atoms with Crippen molar-refractivity contribution in [1.29, 1.82) is 0 Å². The molecular weight excluding hydrogens is 564 g/mol.